The van der Waals surface area contributed by atoms with Gasteiger partial charge in [0, 0.05) is 10.6 Å². The first-order valence-corrected chi connectivity index (χ1v) is 8.31. The molecule has 0 N–H and O–H groups in total. The highest BCUT2D eigenvalue weighted by atomic mass is 35.5. The van der Waals surface area contributed by atoms with Crippen LogP contribution in [0.2, 0.25) is 15.1 Å². The summed E-state index contributed by atoms with van der Waals surface area (Å²) in [4.78, 5) is 0. The van der Waals surface area contributed by atoms with E-state index in [1.807, 2.05) is 24.3 Å². The largest absolute Gasteiger partial charge is 0.612 e. The molecule has 2 aromatic rings. The van der Waals surface area contributed by atoms with Crippen LogP contribution in [0.1, 0.15) is 11.1 Å². The molecule has 104 valence electrons. The van der Waals surface area contributed by atoms with Crippen LogP contribution in [-0.2, 0) is 16.9 Å². The van der Waals surface area contributed by atoms with Gasteiger partial charge in [-0.1, -0.05) is 53.0 Å². The molecule has 0 saturated carbocycles. The van der Waals surface area contributed by atoms with Gasteiger partial charge in [0.05, 0.1) is 10.0 Å². The Kier molecular flexibility index (Phi) is 5.82. The van der Waals surface area contributed by atoms with Gasteiger partial charge in [-0.15, -0.1) is 0 Å². The van der Waals surface area contributed by atoms with Gasteiger partial charge in [-0.25, -0.2) is 0 Å². The minimum atomic E-state index is -1.11. The molecule has 0 spiro atoms. The molecule has 0 heterocycles. The van der Waals surface area contributed by atoms with E-state index in [2.05, 4.69) is 0 Å². The molecule has 0 amide bonds. The van der Waals surface area contributed by atoms with Crippen molar-refractivity contribution in [1.29, 1.82) is 0 Å². The van der Waals surface area contributed by atoms with Crippen LogP contribution in [0.4, 0.5) is 0 Å². The lowest BCUT2D eigenvalue weighted by atomic mass is 10.2. The van der Waals surface area contributed by atoms with Gasteiger partial charge in [-0.3, -0.25) is 0 Å². The lowest BCUT2D eigenvalue weighted by Gasteiger charge is -2.06. The molecule has 0 aliphatic heterocycles. The fourth-order valence-corrected chi connectivity index (χ4v) is 2.93. The first kappa shape index (κ1) is 15.7. The smallest absolute Gasteiger partial charge is 0.135 e. The van der Waals surface area contributed by atoms with E-state index in [1.54, 1.807) is 29.7 Å². The molecule has 2 rings (SSSR count). The summed E-state index contributed by atoms with van der Waals surface area (Å²) in [6.07, 6.45) is 1.81. The number of benzene rings is 2. The normalized spacial score (nSPS) is 12.8. The highest BCUT2D eigenvalue weighted by molar-refractivity contribution is 7.93. The molecule has 0 saturated heterocycles. The molecule has 20 heavy (non-hydrogen) atoms. The van der Waals surface area contributed by atoms with Crippen molar-refractivity contribution in [3.8, 4) is 0 Å². The first-order chi connectivity index (χ1) is 9.54. The number of hydrogen-bond acceptors (Lipinski definition) is 1. The number of halogens is 3. The Balaban J connectivity index is 1.99. The second-order valence-corrected chi connectivity index (χ2v) is 6.70. The molecule has 0 radical (unpaired) electrons. The maximum atomic E-state index is 12.0. The SMILES string of the molecule is [O-][S+](C=Cc1ccc(Cl)cc1)Cc1ccc(Cl)c(Cl)c1. The maximum absolute atomic E-state index is 12.0. The quantitative estimate of drug-likeness (QED) is 0.665. The summed E-state index contributed by atoms with van der Waals surface area (Å²) >= 11 is 16.5. The second kappa shape index (κ2) is 7.39. The van der Waals surface area contributed by atoms with Gasteiger partial charge in [-0.05, 0) is 47.1 Å². The average molecular weight is 346 g/mol. The molecule has 1 atom stereocenters. The van der Waals surface area contributed by atoms with Crippen molar-refractivity contribution in [3.05, 3.63) is 74.1 Å². The van der Waals surface area contributed by atoms with Crippen LogP contribution in [0, 0.1) is 0 Å². The summed E-state index contributed by atoms with van der Waals surface area (Å²) in [5.74, 6) is 0.404. The molecule has 1 unspecified atom stereocenters. The highest BCUT2D eigenvalue weighted by Gasteiger charge is 2.06. The van der Waals surface area contributed by atoms with Crippen molar-refractivity contribution in [2.75, 3.05) is 0 Å². The summed E-state index contributed by atoms with van der Waals surface area (Å²) < 4.78 is 12.0. The van der Waals surface area contributed by atoms with Crippen LogP contribution >= 0.6 is 34.8 Å². The predicted octanol–water partition coefficient (Wildman–Crippen LogP) is 5.57. The van der Waals surface area contributed by atoms with Gasteiger partial charge in [-0.2, -0.15) is 0 Å². The summed E-state index contributed by atoms with van der Waals surface area (Å²) in [7, 11) is 0. The molecule has 2 aromatic carbocycles. The third-order valence-corrected chi connectivity index (χ3v) is 4.62. The summed E-state index contributed by atoms with van der Waals surface area (Å²) in [5.41, 5.74) is 1.84. The third kappa shape index (κ3) is 4.72. The Morgan fingerprint density at radius 2 is 1.65 bits per heavy atom. The lowest BCUT2D eigenvalue weighted by molar-refractivity contribution is 0.603. The van der Waals surface area contributed by atoms with Crippen molar-refractivity contribution in [2.45, 2.75) is 5.75 Å². The van der Waals surface area contributed by atoms with Gasteiger partial charge in [0.1, 0.15) is 11.2 Å². The zero-order valence-corrected chi connectivity index (χ0v) is 13.4. The van der Waals surface area contributed by atoms with Gasteiger partial charge in [0.15, 0.2) is 0 Å². The van der Waals surface area contributed by atoms with Crippen LogP contribution in [0.3, 0.4) is 0 Å². The number of rotatable bonds is 4. The summed E-state index contributed by atoms with van der Waals surface area (Å²) in [5, 5.41) is 3.31. The molecule has 0 fully saturated rings. The van der Waals surface area contributed by atoms with Crippen LogP contribution in [-0.4, -0.2) is 4.55 Å². The van der Waals surface area contributed by atoms with Gasteiger partial charge in [0.2, 0.25) is 0 Å². The molecule has 5 heteroatoms. The Morgan fingerprint density at radius 1 is 0.950 bits per heavy atom. The number of hydrogen-bond donors (Lipinski definition) is 0. The van der Waals surface area contributed by atoms with E-state index in [1.165, 1.54) is 0 Å². The maximum Gasteiger partial charge on any atom is 0.135 e. The highest BCUT2D eigenvalue weighted by Crippen LogP contribution is 2.23. The lowest BCUT2D eigenvalue weighted by Crippen LogP contribution is -2.00. The molecule has 0 aliphatic rings. The van der Waals surface area contributed by atoms with Gasteiger partial charge in [0.25, 0.3) is 0 Å². The van der Waals surface area contributed by atoms with Crippen LogP contribution in [0.15, 0.2) is 47.9 Å². The zero-order valence-electron chi connectivity index (χ0n) is 10.4. The van der Waals surface area contributed by atoms with Gasteiger partial charge >= 0.3 is 0 Å². The monoisotopic (exact) mass is 344 g/mol. The Labute approximate surface area is 136 Å². The van der Waals surface area contributed by atoms with E-state index in [4.69, 9.17) is 34.8 Å². The molecule has 0 aromatic heterocycles. The van der Waals surface area contributed by atoms with E-state index in [0.29, 0.717) is 20.8 Å². The Morgan fingerprint density at radius 3 is 2.30 bits per heavy atom. The van der Waals surface area contributed by atoms with E-state index < -0.39 is 11.2 Å². The molecular formula is C15H11Cl3OS. The van der Waals surface area contributed by atoms with Crippen LogP contribution in [0.25, 0.3) is 6.08 Å². The Hall–Kier alpha value is -0.640. The third-order valence-electron chi connectivity index (χ3n) is 2.58. The van der Waals surface area contributed by atoms with Crippen molar-refractivity contribution in [1.82, 2.24) is 0 Å². The van der Waals surface area contributed by atoms with Crippen molar-refractivity contribution < 1.29 is 4.55 Å². The summed E-state index contributed by atoms with van der Waals surface area (Å²) in [6, 6.07) is 12.6. The summed E-state index contributed by atoms with van der Waals surface area (Å²) in [6.45, 7) is 0. The van der Waals surface area contributed by atoms with Crippen molar-refractivity contribution in [2.24, 2.45) is 0 Å². The van der Waals surface area contributed by atoms with Crippen molar-refractivity contribution >= 4 is 52.1 Å². The fourth-order valence-electron chi connectivity index (χ4n) is 1.57. The zero-order chi connectivity index (χ0) is 14.5. The van der Waals surface area contributed by atoms with E-state index >= 15 is 0 Å². The first-order valence-electron chi connectivity index (χ1n) is 5.79. The van der Waals surface area contributed by atoms with Crippen molar-refractivity contribution in [3.63, 3.8) is 0 Å². The van der Waals surface area contributed by atoms with E-state index in [-0.39, 0.29) is 0 Å². The molecule has 0 bridgehead atoms. The standard InChI is InChI=1S/C15H11Cl3OS/c16-13-4-1-11(2-5-13)7-8-20(19)10-12-3-6-14(17)15(18)9-12/h1-9H,10H2. The molecular weight excluding hydrogens is 335 g/mol. The predicted molar refractivity (Wildman–Crippen MR) is 88.8 cm³/mol. The van der Waals surface area contributed by atoms with E-state index in [9.17, 15) is 4.55 Å². The van der Waals surface area contributed by atoms with Crippen LogP contribution < -0.4 is 0 Å². The molecule has 0 aliphatic carbocycles. The minimum Gasteiger partial charge on any atom is -0.612 e. The average Bonchev–Trinajstić information content (AvgIpc) is 2.42. The fraction of sp³-hybridized carbons (Fsp3) is 0.0667. The topological polar surface area (TPSA) is 23.1 Å². The van der Waals surface area contributed by atoms with Crippen LogP contribution in [0.5, 0.6) is 0 Å². The van der Waals surface area contributed by atoms with E-state index in [0.717, 1.165) is 11.1 Å². The molecule has 1 nitrogen and oxygen atoms in total. The minimum absolute atomic E-state index is 0.404. The Bertz CT molecular complexity index is 611. The van der Waals surface area contributed by atoms with Gasteiger partial charge < -0.3 is 4.55 Å². The second-order valence-electron chi connectivity index (χ2n) is 4.13.